The minimum Gasteiger partial charge on any atom is -0.394 e. The maximum absolute atomic E-state index is 13.8. The normalized spacial score (nSPS) is 23.0. The van der Waals surface area contributed by atoms with Crippen LogP contribution in [0, 0.1) is 0 Å². The Morgan fingerprint density at radius 3 is 1.26 bits per heavy atom. The molecule has 27 heavy (non-hydrogen) atoms. The monoisotopic (exact) mass is 440 g/mol. The summed E-state index contributed by atoms with van der Waals surface area (Å²) >= 11 is 0. The molecule has 1 aliphatic rings. The SMILES string of the molecule is OCC1COC(C(F)(F)C(F)(F)C(F)(F)F)(C(F)(F)C(F)(F)C(F)(F)F)O1. The van der Waals surface area contributed by atoms with E-state index in [9.17, 15) is 61.5 Å². The molecule has 0 bridgehead atoms. The van der Waals surface area contributed by atoms with Gasteiger partial charge in [-0.3, -0.25) is 0 Å². The summed E-state index contributed by atoms with van der Waals surface area (Å²) in [5.41, 5.74) is 0. The van der Waals surface area contributed by atoms with E-state index in [1.54, 1.807) is 0 Å². The van der Waals surface area contributed by atoms with E-state index in [2.05, 4.69) is 9.47 Å². The van der Waals surface area contributed by atoms with Crippen LogP contribution in [0.1, 0.15) is 0 Å². The first-order valence-corrected chi connectivity index (χ1v) is 6.21. The van der Waals surface area contributed by atoms with Crippen LogP contribution in [0.4, 0.5) is 61.5 Å². The van der Waals surface area contributed by atoms with Gasteiger partial charge in [0.2, 0.25) is 0 Å². The fourth-order valence-corrected chi connectivity index (χ4v) is 1.90. The van der Waals surface area contributed by atoms with E-state index in [1.165, 1.54) is 0 Å². The summed E-state index contributed by atoms with van der Waals surface area (Å²) in [7, 11) is 0. The first-order chi connectivity index (χ1) is 11.6. The molecule has 1 aliphatic heterocycles. The predicted molar refractivity (Wildman–Crippen MR) is 52.5 cm³/mol. The van der Waals surface area contributed by atoms with Crippen LogP contribution in [0.3, 0.4) is 0 Å². The Morgan fingerprint density at radius 1 is 0.704 bits per heavy atom. The highest BCUT2D eigenvalue weighted by Crippen LogP contribution is 2.63. The number of alkyl halides is 14. The van der Waals surface area contributed by atoms with Crippen molar-refractivity contribution in [3.63, 3.8) is 0 Å². The summed E-state index contributed by atoms with van der Waals surface area (Å²) in [6.45, 7) is -3.66. The molecule has 0 aromatic rings. The summed E-state index contributed by atoms with van der Waals surface area (Å²) in [5, 5.41) is 8.54. The molecule has 3 nitrogen and oxygen atoms in total. The lowest BCUT2D eigenvalue weighted by molar-refractivity contribution is -0.491. The van der Waals surface area contributed by atoms with E-state index in [4.69, 9.17) is 5.11 Å². The van der Waals surface area contributed by atoms with E-state index >= 15 is 0 Å². The van der Waals surface area contributed by atoms with Crippen molar-refractivity contribution in [2.45, 2.75) is 47.9 Å². The molecule has 0 radical (unpaired) electrons. The second kappa shape index (κ2) is 6.20. The van der Waals surface area contributed by atoms with Crippen LogP contribution < -0.4 is 0 Å². The van der Waals surface area contributed by atoms with Gasteiger partial charge in [0, 0.05) is 0 Å². The first kappa shape index (κ1) is 23.9. The number of aliphatic hydroxyl groups excluding tert-OH is 1. The topological polar surface area (TPSA) is 38.7 Å². The Balaban J connectivity index is 3.77. The molecule has 1 saturated heterocycles. The second-order valence-corrected chi connectivity index (χ2v) is 5.14. The smallest absolute Gasteiger partial charge is 0.394 e. The molecular formula is C10H6F14O3. The average Bonchev–Trinajstić information content (AvgIpc) is 2.90. The van der Waals surface area contributed by atoms with Gasteiger partial charge in [0.05, 0.1) is 13.2 Å². The molecule has 0 aromatic carbocycles. The zero-order valence-electron chi connectivity index (χ0n) is 12.0. The second-order valence-electron chi connectivity index (χ2n) is 5.14. The lowest BCUT2D eigenvalue weighted by Crippen LogP contribution is -2.76. The molecule has 1 unspecified atom stereocenters. The molecular weight excluding hydrogens is 434 g/mol. The Hall–Kier alpha value is -1.10. The molecule has 0 spiro atoms. The van der Waals surface area contributed by atoms with Gasteiger partial charge in [-0.05, 0) is 0 Å². The van der Waals surface area contributed by atoms with E-state index in [-0.39, 0.29) is 0 Å². The molecule has 0 aliphatic carbocycles. The number of rotatable bonds is 5. The summed E-state index contributed by atoms with van der Waals surface area (Å²) in [5.74, 6) is -36.6. The summed E-state index contributed by atoms with van der Waals surface area (Å²) in [6, 6.07) is 0. The van der Waals surface area contributed by atoms with Crippen molar-refractivity contribution in [3.8, 4) is 0 Å². The quantitative estimate of drug-likeness (QED) is 0.663. The molecule has 0 aromatic heterocycles. The van der Waals surface area contributed by atoms with Gasteiger partial charge in [0.1, 0.15) is 6.10 Å². The lowest BCUT2D eigenvalue weighted by Gasteiger charge is -2.45. The molecule has 1 rings (SSSR count). The fourth-order valence-electron chi connectivity index (χ4n) is 1.90. The third-order valence-corrected chi connectivity index (χ3v) is 3.34. The summed E-state index contributed by atoms with van der Waals surface area (Å²) in [6.07, 6.45) is -17.4. The van der Waals surface area contributed by atoms with Crippen molar-refractivity contribution in [3.05, 3.63) is 0 Å². The summed E-state index contributed by atoms with van der Waals surface area (Å²) < 4.78 is 187. The van der Waals surface area contributed by atoms with Crippen LogP contribution in [0.25, 0.3) is 0 Å². The largest absolute Gasteiger partial charge is 0.460 e. The Kier molecular flexibility index (Phi) is 5.50. The zero-order chi connectivity index (χ0) is 21.9. The number of aliphatic hydroxyl groups is 1. The van der Waals surface area contributed by atoms with Crippen LogP contribution in [0.15, 0.2) is 0 Å². The number of hydrogen-bond donors (Lipinski definition) is 1. The Morgan fingerprint density at radius 2 is 1.04 bits per heavy atom. The van der Waals surface area contributed by atoms with Gasteiger partial charge in [-0.15, -0.1) is 0 Å². The molecule has 17 heteroatoms. The molecule has 0 saturated carbocycles. The van der Waals surface area contributed by atoms with Crippen molar-refractivity contribution in [1.82, 2.24) is 0 Å². The Bertz CT molecular complexity index is 512. The minimum atomic E-state index is -7.60. The van der Waals surface area contributed by atoms with Crippen molar-refractivity contribution >= 4 is 0 Å². The van der Waals surface area contributed by atoms with Gasteiger partial charge in [-0.1, -0.05) is 0 Å². The van der Waals surface area contributed by atoms with E-state index in [1.807, 2.05) is 0 Å². The number of hydrogen-bond acceptors (Lipinski definition) is 3. The van der Waals surface area contributed by atoms with Gasteiger partial charge in [0.25, 0.3) is 0 Å². The van der Waals surface area contributed by atoms with E-state index in [0.29, 0.717) is 0 Å². The molecule has 1 N–H and O–H groups in total. The first-order valence-electron chi connectivity index (χ1n) is 6.21. The highest BCUT2D eigenvalue weighted by atomic mass is 19.4. The maximum Gasteiger partial charge on any atom is 0.460 e. The molecule has 162 valence electrons. The van der Waals surface area contributed by atoms with Gasteiger partial charge in [-0.25, -0.2) is 0 Å². The number of halogens is 14. The van der Waals surface area contributed by atoms with Crippen molar-refractivity contribution < 1.29 is 76.0 Å². The van der Waals surface area contributed by atoms with Gasteiger partial charge >= 0.3 is 41.8 Å². The van der Waals surface area contributed by atoms with Crippen LogP contribution in [-0.2, 0) is 9.47 Å². The van der Waals surface area contributed by atoms with Gasteiger partial charge in [-0.2, -0.15) is 61.5 Å². The zero-order valence-corrected chi connectivity index (χ0v) is 12.0. The van der Waals surface area contributed by atoms with Crippen LogP contribution in [-0.4, -0.2) is 66.3 Å². The van der Waals surface area contributed by atoms with Crippen molar-refractivity contribution in [1.29, 1.82) is 0 Å². The average molecular weight is 440 g/mol. The van der Waals surface area contributed by atoms with Gasteiger partial charge < -0.3 is 14.6 Å². The third-order valence-electron chi connectivity index (χ3n) is 3.34. The summed E-state index contributed by atoms with van der Waals surface area (Å²) in [4.78, 5) is 0. The molecule has 1 atom stereocenters. The van der Waals surface area contributed by atoms with Crippen molar-refractivity contribution in [2.75, 3.05) is 13.2 Å². The Labute approximate surface area is 138 Å². The number of ether oxygens (including phenoxy) is 2. The maximum atomic E-state index is 13.8. The van der Waals surface area contributed by atoms with Gasteiger partial charge in [0.15, 0.2) is 0 Å². The molecule has 1 heterocycles. The van der Waals surface area contributed by atoms with E-state index in [0.717, 1.165) is 0 Å². The molecule has 1 fully saturated rings. The lowest BCUT2D eigenvalue weighted by atomic mass is 9.90. The fraction of sp³-hybridized carbons (Fsp3) is 1.00. The van der Waals surface area contributed by atoms with Crippen LogP contribution in [0.2, 0.25) is 0 Å². The van der Waals surface area contributed by atoms with Crippen LogP contribution in [0.5, 0.6) is 0 Å². The van der Waals surface area contributed by atoms with Crippen molar-refractivity contribution in [2.24, 2.45) is 0 Å². The third kappa shape index (κ3) is 3.01. The highest BCUT2D eigenvalue weighted by Gasteiger charge is 2.94. The van der Waals surface area contributed by atoms with E-state index < -0.39 is 61.1 Å². The van der Waals surface area contributed by atoms with Crippen LogP contribution >= 0.6 is 0 Å². The highest BCUT2D eigenvalue weighted by molar-refractivity contribution is 5.14. The standard InChI is InChI=1S/C10H6F14O3/c11-4(12,6(15,16)9(19,20)21)8(26-2-3(1-25)27-8)5(13,14)7(17,18)10(22,23)24/h3,25H,1-2H2. The minimum absolute atomic E-state index is 1.73. The predicted octanol–water partition coefficient (Wildman–Crippen LogP) is 3.76. The molecule has 0 amide bonds.